The Morgan fingerprint density at radius 3 is 2.56 bits per heavy atom. The average Bonchev–Trinajstić information content (AvgIpc) is 2.30. The number of carbonyl (C=O) groups is 1. The van der Waals surface area contributed by atoms with E-state index in [1.165, 1.54) is 0 Å². The number of piperidine rings is 1. The third-order valence-corrected chi connectivity index (χ3v) is 3.73. The molecule has 5 nitrogen and oxygen atoms in total. The van der Waals surface area contributed by atoms with Crippen LogP contribution < -0.4 is 5.32 Å². The number of likely N-dealkylation sites (N-methyl/N-ethyl adjacent to an activating group) is 1. The molecule has 2 aliphatic rings. The fraction of sp³-hybridized carbons (Fsp3) is 0.909. The van der Waals surface area contributed by atoms with Gasteiger partial charge in [0.1, 0.15) is 0 Å². The van der Waals surface area contributed by atoms with Gasteiger partial charge in [-0.05, 0) is 13.5 Å². The molecule has 0 aromatic heterocycles. The highest BCUT2D eigenvalue weighted by molar-refractivity contribution is 5.70. The Balaban J connectivity index is 1.87. The first kappa shape index (κ1) is 11.8. The molecule has 0 bridgehead atoms. The van der Waals surface area contributed by atoms with E-state index in [0.717, 1.165) is 39.1 Å². The summed E-state index contributed by atoms with van der Waals surface area (Å²) >= 11 is 0. The number of hydrogen-bond donors (Lipinski definition) is 2. The molecule has 2 rings (SSSR count). The number of piperazine rings is 1. The normalized spacial score (nSPS) is 33.8. The van der Waals surface area contributed by atoms with Gasteiger partial charge in [0.05, 0.1) is 5.92 Å². The molecule has 2 N–H and O–H groups in total. The van der Waals surface area contributed by atoms with Crippen molar-refractivity contribution in [2.75, 3.05) is 46.3 Å². The second-order valence-corrected chi connectivity index (χ2v) is 4.92. The maximum atomic E-state index is 11.0. The molecular weight excluding hydrogens is 206 g/mol. The van der Waals surface area contributed by atoms with Gasteiger partial charge in [-0.2, -0.15) is 0 Å². The van der Waals surface area contributed by atoms with Crippen molar-refractivity contribution in [3.05, 3.63) is 0 Å². The van der Waals surface area contributed by atoms with Crippen LogP contribution in [0.2, 0.25) is 0 Å². The first-order valence-electron chi connectivity index (χ1n) is 6.03. The Bertz CT molecular complexity index is 252. The fourth-order valence-electron chi connectivity index (χ4n) is 2.57. The van der Waals surface area contributed by atoms with Crippen LogP contribution >= 0.6 is 0 Å². The molecule has 2 aliphatic heterocycles. The van der Waals surface area contributed by atoms with Crippen molar-refractivity contribution in [2.24, 2.45) is 5.92 Å². The van der Waals surface area contributed by atoms with Gasteiger partial charge in [-0.25, -0.2) is 0 Å². The molecule has 0 spiro atoms. The van der Waals surface area contributed by atoms with Crippen LogP contribution in [0.25, 0.3) is 0 Å². The van der Waals surface area contributed by atoms with E-state index in [-0.39, 0.29) is 5.92 Å². The van der Waals surface area contributed by atoms with E-state index in [1.807, 2.05) is 0 Å². The van der Waals surface area contributed by atoms with E-state index in [1.54, 1.807) is 0 Å². The van der Waals surface area contributed by atoms with Crippen LogP contribution in [0.1, 0.15) is 6.42 Å². The van der Waals surface area contributed by atoms with Crippen LogP contribution in [0, 0.1) is 5.92 Å². The summed E-state index contributed by atoms with van der Waals surface area (Å²) in [5.74, 6) is -0.871. The number of nitrogens with one attached hydrogen (secondary N) is 1. The summed E-state index contributed by atoms with van der Waals surface area (Å²) in [4.78, 5) is 15.7. The Hall–Kier alpha value is -0.650. The van der Waals surface area contributed by atoms with Crippen molar-refractivity contribution < 1.29 is 9.90 Å². The minimum atomic E-state index is -0.661. The second-order valence-electron chi connectivity index (χ2n) is 4.92. The summed E-state index contributed by atoms with van der Waals surface area (Å²) < 4.78 is 0. The molecule has 16 heavy (non-hydrogen) atoms. The van der Waals surface area contributed by atoms with E-state index in [9.17, 15) is 4.79 Å². The summed E-state index contributed by atoms with van der Waals surface area (Å²) in [6.45, 7) is 5.87. The van der Waals surface area contributed by atoms with Crippen molar-refractivity contribution in [2.45, 2.75) is 12.5 Å². The lowest BCUT2D eigenvalue weighted by atomic mass is 9.94. The summed E-state index contributed by atoms with van der Waals surface area (Å²) in [6.07, 6.45) is 0.798. The summed E-state index contributed by atoms with van der Waals surface area (Å²) in [6, 6.07) is 0.406. The molecule has 0 saturated carbocycles. The van der Waals surface area contributed by atoms with E-state index in [2.05, 4.69) is 22.2 Å². The molecule has 0 radical (unpaired) electrons. The standard InChI is InChI=1S/C11H21N3O2/c1-13-2-4-14(5-3-13)10-6-9(11(15)16)7-12-8-10/h9-10,12H,2-8H2,1H3,(H,15,16)/t9-,10+/m1/s1. The maximum absolute atomic E-state index is 11.0. The van der Waals surface area contributed by atoms with Gasteiger partial charge in [-0.3, -0.25) is 9.69 Å². The van der Waals surface area contributed by atoms with Crippen LogP contribution in [0.3, 0.4) is 0 Å². The van der Waals surface area contributed by atoms with Crippen molar-refractivity contribution in [1.29, 1.82) is 0 Å². The van der Waals surface area contributed by atoms with E-state index in [4.69, 9.17) is 5.11 Å². The lowest BCUT2D eigenvalue weighted by molar-refractivity contribution is -0.143. The molecule has 0 unspecified atom stereocenters. The largest absolute Gasteiger partial charge is 0.481 e. The SMILES string of the molecule is CN1CCN([C@@H]2CNC[C@H](C(=O)O)C2)CC1. The molecule has 0 aromatic carbocycles. The third kappa shape index (κ3) is 2.72. The number of nitrogens with zero attached hydrogens (tertiary/aromatic N) is 2. The van der Waals surface area contributed by atoms with Gasteiger partial charge < -0.3 is 15.3 Å². The Morgan fingerprint density at radius 2 is 1.94 bits per heavy atom. The van der Waals surface area contributed by atoms with Gasteiger partial charge in [0.15, 0.2) is 0 Å². The highest BCUT2D eigenvalue weighted by Gasteiger charge is 2.31. The zero-order chi connectivity index (χ0) is 11.5. The summed E-state index contributed by atoms with van der Waals surface area (Å²) in [5, 5.41) is 12.3. The number of hydrogen-bond acceptors (Lipinski definition) is 4. The molecule has 5 heteroatoms. The highest BCUT2D eigenvalue weighted by Crippen LogP contribution is 2.17. The minimum absolute atomic E-state index is 0.210. The van der Waals surface area contributed by atoms with Crippen LogP contribution in [-0.4, -0.2) is 73.2 Å². The predicted molar refractivity (Wildman–Crippen MR) is 61.5 cm³/mol. The predicted octanol–water partition coefficient (Wildman–Crippen LogP) is -0.703. The van der Waals surface area contributed by atoms with Gasteiger partial charge in [0.2, 0.25) is 0 Å². The van der Waals surface area contributed by atoms with Crippen LogP contribution in [0.5, 0.6) is 0 Å². The van der Waals surface area contributed by atoms with Crippen molar-refractivity contribution in [3.8, 4) is 0 Å². The van der Waals surface area contributed by atoms with Gasteiger partial charge in [0.25, 0.3) is 0 Å². The van der Waals surface area contributed by atoms with E-state index >= 15 is 0 Å². The van der Waals surface area contributed by atoms with Crippen molar-refractivity contribution >= 4 is 5.97 Å². The number of carboxylic acid groups (broad SMARTS) is 1. The number of rotatable bonds is 2. The van der Waals surface area contributed by atoms with E-state index in [0.29, 0.717) is 12.6 Å². The van der Waals surface area contributed by atoms with Crippen molar-refractivity contribution in [3.63, 3.8) is 0 Å². The number of carboxylic acids is 1. The Kier molecular flexibility index (Phi) is 3.78. The molecule has 92 valence electrons. The van der Waals surface area contributed by atoms with Crippen LogP contribution in [0.4, 0.5) is 0 Å². The van der Waals surface area contributed by atoms with Crippen LogP contribution in [0.15, 0.2) is 0 Å². The second kappa shape index (κ2) is 5.12. The quantitative estimate of drug-likeness (QED) is 0.653. The Labute approximate surface area is 96.4 Å². The zero-order valence-corrected chi connectivity index (χ0v) is 9.85. The summed E-state index contributed by atoms with van der Waals surface area (Å²) in [5.41, 5.74) is 0. The molecule has 0 amide bonds. The first-order chi connectivity index (χ1) is 7.66. The van der Waals surface area contributed by atoms with Gasteiger partial charge in [-0.15, -0.1) is 0 Å². The molecule has 2 atom stereocenters. The molecular formula is C11H21N3O2. The fourth-order valence-corrected chi connectivity index (χ4v) is 2.57. The van der Waals surface area contributed by atoms with Gasteiger partial charge in [-0.1, -0.05) is 0 Å². The maximum Gasteiger partial charge on any atom is 0.307 e. The minimum Gasteiger partial charge on any atom is -0.481 e. The molecule has 0 aromatic rings. The first-order valence-corrected chi connectivity index (χ1v) is 6.03. The molecule has 2 saturated heterocycles. The molecule has 2 heterocycles. The van der Waals surface area contributed by atoms with Crippen molar-refractivity contribution in [1.82, 2.24) is 15.1 Å². The molecule has 2 fully saturated rings. The monoisotopic (exact) mass is 227 g/mol. The molecule has 0 aliphatic carbocycles. The highest BCUT2D eigenvalue weighted by atomic mass is 16.4. The smallest absolute Gasteiger partial charge is 0.307 e. The lowest BCUT2D eigenvalue weighted by Gasteiger charge is -2.41. The number of aliphatic carboxylic acids is 1. The van der Waals surface area contributed by atoms with Gasteiger partial charge >= 0.3 is 5.97 Å². The third-order valence-electron chi connectivity index (χ3n) is 3.73. The van der Waals surface area contributed by atoms with E-state index < -0.39 is 5.97 Å². The zero-order valence-electron chi connectivity index (χ0n) is 9.85. The van der Waals surface area contributed by atoms with Crippen LogP contribution in [-0.2, 0) is 4.79 Å². The summed E-state index contributed by atoms with van der Waals surface area (Å²) in [7, 11) is 2.14. The topological polar surface area (TPSA) is 55.8 Å². The Morgan fingerprint density at radius 1 is 1.25 bits per heavy atom. The average molecular weight is 227 g/mol. The van der Waals surface area contributed by atoms with Gasteiger partial charge in [0, 0.05) is 45.3 Å². The lowest BCUT2D eigenvalue weighted by Crippen LogP contribution is -2.55.